The van der Waals surface area contributed by atoms with Crippen LogP contribution in [0.1, 0.15) is 6.92 Å². The molecule has 1 amide bonds. The predicted molar refractivity (Wildman–Crippen MR) is 39.8 cm³/mol. The molecule has 0 radical (unpaired) electrons. The van der Waals surface area contributed by atoms with E-state index in [0.717, 1.165) is 0 Å². The number of amides is 1. The monoisotopic (exact) mass is 143 g/mol. The lowest BCUT2D eigenvalue weighted by molar-refractivity contribution is -0.125. The van der Waals surface area contributed by atoms with E-state index in [1.807, 2.05) is 0 Å². The van der Waals surface area contributed by atoms with Crippen molar-refractivity contribution in [1.82, 2.24) is 4.90 Å². The Morgan fingerprint density at radius 1 is 1.50 bits per heavy atom. The van der Waals surface area contributed by atoms with E-state index in [1.165, 1.54) is 11.0 Å². The maximum atomic E-state index is 10.9. The van der Waals surface area contributed by atoms with Gasteiger partial charge in [-0.2, -0.15) is 0 Å². The summed E-state index contributed by atoms with van der Waals surface area (Å²) < 4.78 is 0. The summed E-state index contributed by atoms with van der Waals surface area (Å²) in [6.45, 7) is 2.10. The number of rotatable bonds is 3. The number of nitrogens with two attached hydrogens (primary N) is 2. The summed E-state index contributed by atoms with van der Waals surface area (Å²) in [4.78, 5) is 12.2. The van der Waals surface area contributed by atoms with Gasteiger partial charge in [0.25, 0.3) is 0 Å². The molecule has 0 aliphatic rings. The predicted octanol–water partition coefficient (Wildman–Crippen LogP) is -0.776. The SMILES string of the molecule is C/C=C/C(=O)N(CN)CN. The molecule has 0 saturated carbocycles. The van der Waals surface area contributed by atoms with Crippen molar-refractivity contribution in [3.8, 4) is 0 Å². The second-order valence-electron chi connectivity index (χ2n) is 1.74. The second-order valence-corrected chi connectivity index (χ2v) is 1.74. The first-order valence-electron chi connectivity index (χ1n) is 3.08. The first-order valence-corrected chi connectivity index (χ1v) is 3.08. The molecule has 58 valence electrons. The minimum Gasteiger partial charge on any atom is -0.314 e. The molecular formula is C6H13N3O. The number of nitrogens with zero attached hydrogens (tertiary/aromatic N) is 1. The first kappa shape index (κ1) is 9.13. The molecule has 0 atom stereocenters. The van der Waals surface area contributed by atoms with Crippen LogP contribution in [0.25, 0.3) is 0 Å². The molecule has 0 spiro atoms. The van der Waals surface area contributed by atoms with Crippen LogP contribution in [-0.4, -0.2) is 24.1 Å². The third-order valence-electron chi connectivity index (χ3n) is 1.06. The fourth-order valence-corrected chi connectivity index (χ4v) is 0.502. The fourth-order valence-electron chi connectivity index (χ4n) is 0.502. The molecule has 0 rings (SSSR count). The highest BCUT2D eigenvalue weighted by molar-refractivity contribution is 5.87. The van der Waals surface area contributed by atoms with Gasteiger partial charge >= 0.3 is 0 Å². The lowest BCUT2D eigenvalue weighted by Gasteiger charge is -2.14. The van der Waals surface area contributed by atoms with E-state index >= 15 is 0 Å². The summed E-state index contributed by atoms with van der Waals surface area (Å²) >= 11 is 0. The topological polar surface area (TPSA) is 72.3 Å². The van der Waals surface area contributed by atoms with Crippen LogP contribution in [0.2, 0.25) is 0 Å². The van der Waals surface area contributed by atoms with Crippen LogP contribution in [0, 0.1) is 0 Å². The number of allylic oxidation sites excluding steroid dienone is 1. The van der Waals surface area contributed by atoms with E-state index in [-0.39, 0.29) is 19.2 Å². The van der Waals surface area contributed by atoms with Crippen LogP contribution < -0.4 is 11.5 Å². The maximum absolute atomic E-state index is 10.9. The summed E-state index contributed by atoms with van der Waals surface area (Å²) in [5.41, 5.74) is 10.4. The zero-order valence-electron chi connectivity index (χ0n) is 6.08. The molecule has 10 heavy (non-hydrogen) atoms. The smallest absolute Gasteiger partial charge is 0.248 e. The molecule has 0 aromatic carbocycles. The highest BCUT2D eigenvalue weighted by atomic mass is 16.2. The van der Waals surface area contributed by atoms with Crippen molar-refractivity contribution >= 4 is 5.91 Å². The van der Waals surface area contributed by atoms with Gasteiger partial charge in [-0.15, -0.1) is 0 Å². The zero-order valence-corrected chi connectivity index (χ0v) is 6.08. The van der Waals surface area contributed by atoms with Crippen LogP contribution in [-0.2, 0) is 4.79 Å². The molecule has 0 aliphatic carbocycles. The Labute approximate surface area is 60.5 Å². The van der Waals surface area contributed by atoms with E-state index in [9.17, 15) is 4.79 Å². The van der Waals surface area contributed by atoms with Crippen molar-refractivity contribution in [1.29, 1.82) is 0 Å². The molecule has 0 unspecified atom stereocenters. The van der Waals surface area contributed by atoms with Gasteiger partial charge in [0.15, 0.2) is 0 Å². The lowest BCUT2D eigenvalue weighted by atomic mass is 10.4. The van der Waals surface area contributed by atoms with E-state index < -0.39 is 0 Å². The van der Waals surface area contributed by atoms with Crippen molar-refractivity contribution in [2.45, 2.75) is 6.92 Å². The van der Waals surface area contributed by atoms with Crippen LogP contribution in [0.4, 0.5) is 0 Å². The van der Waals surface area contributed by atoms with Crippen molar-refractivity contribution in [3.63, 3.8) is 0 Å². The normalized spacial score (nSPS) is 10.3. The van der Waals surface area contributed by atoms with Crippen LogP contribution in [0.5, 0.6) is 0 Å². The van der Waals surface area contributed by atoms with E-state index in [2.05, 4.69) is 0 Å². The first-order chi connectivity index (χ1) is 4.76. The molecule has 0 fully saturated rings. The number of hydrogen-bond donors (Lipinski definition) is 2. The second kappa shape index (κ2) is 4.96. The molecule has 0 aromatic heterocycles. The fraction of sp³-hybridized carbons (Fsp3) is 0.500. The number of hydrogen-bond acceptors (Lipinski definition) is 3. The van der Waals surface area contributed by atoms with Gasteiger partial charge < -0.3 is 16.4 Å². The molecule has 0 heterocycles. The van der Waals surface area contributed by atoms with Gasteiger partial charge in [0, 0.05) is 0 Å². The van der Waals surface area contributed by atoms with Gasteiger partial charge in [-0.25, -0.2) is 0 Å². The van der Waals surface area contributed by atoms with E-state index in [0.29, 0.717) is 0 Å². The molecule has 0 bridgehead atoms. The lowest BCUT2D eigenvalue weighted by Crippen LogP contribution is -2.39. The highest BCUT2D eigenvalue weighted by Gasteiger charge is 2.03. The van der Waals surface area contributed by atoms with Gasteiger partial charge in [0.1, 0.15) is 0 Å². The molecule has 4 N–H and O–H groups in total. The summed E-state index contributed by atoms with van der Waals surface area (Å²) in [6.07, 6.45) is 3.08. The molecular weight excluding hydrogens is 130 g/mol. The third-order valence-corrected chi connectivity index (χ3v) is 1.06. The Bertz CT molecular complexity index is 129. The van der Waals surface area contributed by atoms with E-state index in [4.69, 9.17) is 11.5 Å². The molecule has 4 nitrogen and oxygen atoms in total. The molecule has 0 aliphatic heterocycles. The highest BCUT2D eigenvalue weighted by Crippen LogP contribution is 1.84. The van der Waals surface area contributed by atoms with Gasteiger partial charge in [0.2, 0.25) is 5.91 Å². The Kier molecular flexibility index (Phi) is 4.53. The van der Waals surface area contributed by atoms with Crippen molar-refractivity contribution in [2.24, 2.45) is 11.5 Å². The summed E-state index contributed by atoms with van der Waals surface area (Å²) in [6, 6.07) is 0. The number of carbonyl (C=O) groups excluding carboxylic acids is 1. The van der Waals surface area contributed by atoms with Crippen molar-refractivity contribution < 1.29 is 4.79 Å². The van der Waals surface area contributed by atoms with Gasteiger partial charge in [-0.1, -0.05) is 6.08 Å². The maximum Gasteiger partial charge on any atom is 0.248 e. The van der Waals surface area contributed by atoms with Crippen LogP contribution >= 0.6 is 0 Å². The Balaban J connectivity index is 3.89. The minimum atomic E-state index is -0.146. The Morgan fingerprint density at radius 2 is 2.00 bits per heavy atom. The van der Waals surface area contributed by atoms with E-state index in [1.54, 1.807) is 13.0 Å². The quantitative estimate of drug-likeness (QED) is 0.402. The third kappa shape index (κ3) is 2.61. The molecule has 0 aromatic rings. The van der Waals surface area contributed by atoms with Crippen molar-refractivity contribution in [2.75, 3.05) is 13.3 Å². The van der Waals surface area contributed by atoms with Gasteiger partial charge in [-0.05, 0) is 13.0 Å². The minimum absolute atomic E-state index is 0.146. The summed E-state index contributed by atoms with van der Waals surface area (Å²) in [7, 11) is 0. The Morgan fingerprint density at radius 3 is 2.30 bits per heavy atom. The largest absolute Gasteiger partial charge is 0.314 e. The number of carbonyl (C=O) groups is 1. The summed E-state index contributed by atoms with van der Waals surface area (Å²) in [5, 5.41) is 0. The Hall–Kier alpha value is -0.870. The van der Waals surface area contributed by atoms with Gasteiger partial charge in [-0.3, -0.25) is 4.79 Å². The summed E-state index contributed by atoms with van der Waals surface area (Å²) in [5.74, 6) is -0.146. The molecule has 4 heteroatoms. The molecule has 0 saturated heterocycles. The van der Waals surface area contributed by atoms with Crippen LogP contribution in [0.15, 0.2) is 12.2 Å². The average Bonchev–Trinajstić information content (AvgIpc) is 1.91. The van der Waals surface area contributed by atoms with Crippen molar-refractivity contribution in [3.05, 3.63) is 12.2 Å². The van der Waals surface area contributed by atoms with Crippen LogP contribution in [0.3, 0.4) is 0 Å². The van der Waals surface area contributed by atoms with Gasteiger partial charge in [0.05, 0.1) is 13.3 Å². The standard InChI is InChI=1S/C6H13N3O/c1-2-3-6(10)9(4-7)5-8/h2-3H,4-5,7-8H2,1H3/b3-2+. The zero-order chi connectivity index (χ0) is 7.98. The average molecular weight is 143 g/mol.